The van der Waals surface area contributed by atoms with E-state index in [2.05, 4.69) is 162 Å². The van der Waals surface area contributed by atoms with Crippen LogP contribution >= 0.6 is 0 Å². The molecular formula is C56H60N2O6+2. The normalized spacial score (nSPS) is 17.9. The van der Waals surface area contributed by atoms with Gasteiger partial charge in [0.2, 0.25) is 0 Å². The Balaban J connectivity index is 1.12. The van der Waals surface area contributed by atoms with Crippen molar-refractivity contribution in [2.24, 2.45) is 10.8 Å². The molecule has 3 heterocycles. The van der Waals surface area contributed by atoms with E-state index in [1.54, 1.807) is 0 Å². The lowest BCUT2D eigenvalue weighted by molar-refractivity contribution is -0.462. The highest BCUT2D eigenvalue weighted by Gasteiger charge is 2.33. The lowest BCUT2D eigenvalue weighted by Gasteiger charge is -2.33. The number of benzene rings is 4. The van der Waals surface area contributed by atoms with Gasteiger partial charge in [0.1, 0.15) is 74.2 Å². The first-order valence-electron chi connectivity index (χ1n) is 22.8. The molecule has 0 radical (unpaired) electrons. The highest BCUT2D eigenvalue weighted by atomic mass is 16.5. The summed E-state index contributed by atoms with van der Waals surface area (Å²) < 4.78 is 44.6. The molecule has 0 saturated carbocycles. The van der Waals surface area contributed by atoms with E-state index >= 15 is 0 Å². The van der Waals surface area contributed by atoms with Gasteiger partial charge >= 0.3 is 0 Å². The molecule has 9 rings (SSSR count). The van der Waals surface area contributed by atoms with Crippen LogP contribution in [0.25, 0.3) is 11.1 Å². The van der Waals surface area contributed by atoms with E-state index < -0.39 is 0 Å². The van der Waals surface area contributed by atoms with Crippen molar-refractivity contribution >= 4 is 22.6 Å². The van der Waals surface area contributed by atoms with Crippen molar-refractivity contribution in [1.29, 1.82) is 0 Å². The molecule has 0 N–H and O–H groups in total. The van der Waals surface area contributed by atoms with Crippen LogP contribution in [0, 0.1) is 10.8 Å². The summed E-state index contributed by atoms with van der Waals surface area (Å²) in [5, 5.41) is 0. The number of ether oxygens (including phenoxy) is 6. The molecule has 0 atom stereocenters. The zero-order chi connectivity index (χ0) is 44.6. The maximum absolute atomic E-state index is 6.78. The molecule has 0 saturated heterocycles. The maximum atomic E-state index is 6.78. The molecule has 0 amide bonds. The third kappa shape index (κ3) is 8.22. The van der Waals surface area contributed by atoms with Crippen molar-refractivity contribution in [2.45, 2.75) is 53.4 Å². The minimum atomic E-state index is -0.248. The average Bonchev–Trinajstić information content (AvgIpc) is 3.32. The molecule has 8 heteroatoms. The molecule has 0 fully saturated rings. The highest BCUT2D eigenvalue weighted by molar-refractivity contribution is 6.05. The zero-order valence-electron chi connectivity index (χ0n) is 38.5. The van der Waals surface area contributed by atoms with E-state index in [0.717, 1.165) is 128 Å². The van der Waals surface area contributed by atoms with Crippen LogP contribution in [0.1, 0.15) is 75.6 Å². The third-order valence-electron chi connectivity index (χ3n) is 13.9. The summed E-state index contributed by atoms with van der Waals surface area (Å²) in [6.45, 7) is 10.7. The smallest absolute Gasteiger partial charge is 0.199 e. The Bertz CT molecular complexity index is 2410. The molecule has 3 aliphatic heterocycles. The van der Waals surface area contributed by atoms with Gasteiger partial charge in [0.05, 0.1) is 26.4 Å². The summed E-state index contributed by atoms with van der Waals surface area (Å²) >= 11 is 0. The highest BCUT2D eigenvalue weighted by Crippen LogP contribution is 2.50. The van der Waals surface area contributed by atoms with Crippen LogP contribution in [-0.2, 0) is 0 Å². The maximum Gasteiger partial charge on any atom is 0.199 e. The van der Waals surface area contributed by atoms with Crippen molar-refractivity contribution in [2.75, 3.05) is 54.6 Å². The number of rotatable bonds is 4. The lowest BCUT2D eigenvalue weighted by Crippen LogP contribution is -2.34. The van der Waals surface area contributed by atoms with Gasteiger partial charge in [0.25, 0.3) is 0 Å². The fourth-order valence-electron chi connectivity index (χ4n) is 8.88. The average molecular weight is 857 g/mol. The van der Waals surface area contributed by atoms with Gasteiger partial charge in [-0.3, -0.25) is 0 Å². The van der Waals surface area contributed by atoms with E-state index in [9.17, 15) is 0 Å². The number of fused-ring (bicyclic) bond motifs is 4. The second-order valence-corrected chi connectivity index (χ2v) is 18.0. The molecule has 64 heavy (non-hydrogen) atoms. The van der Waals surface area contributed by atoms with E-state index in [-0.39, 0.29) is 10.8 Å². The fraction of sp³-hybridized carbons (Fsp3) is 0.321. The largest absolute Gasteiger partial charge is 0.493 e. The monoisotopic (exact) mass is 856 g/mol. The van der Waals surface area contributed by atoms with Crippen LogP contribution < -0.4 is 28.4 Å². The standard InChI is InChI=1S/C56H60N2O6/c1-9-55(10-2)33-59-41-21-25-45-49(29-41)63-51-31-43(23-27-47(51)53(45)37-13-17-39(18-14-37)57(5)6)61-35-56(11-3,12-4)36-62-44-24-28-48-52(32-44)64-50-30-42(60-34-55)22-26-46(50)54(48)38-15-19-40(20-16-38)58(7)8/h13-32H,9-12,33-36H2,1-8H3/q+2. The summed E-state index contributed by atoms with van der Waals surface area (Å²) in [5.41, 5.74) is 10.3. The summed E-state index contributed by atoms with van der Waals surface area (Å²) in [6, 6.07) is 24.8. The molecule has 0 unspecified atom stereocenters. The number of nitrogens with zero attached hydrogens (tertiary/aromatic N) is 2. The van der Waals surface area contributed by atoms with Crippen LogP contribution in [0.2, 0.25) is 0 Å². The molecule has 4 aromatic rings. The molecule has 0 aromatic heterocycles. The summed E-state index contributed by atoms with van der Waals surface area (Å²) in [6.07, 6.45) is 20.9. The van der Waals surface area contributed by atoms with Crippen LogP contribution in [0.4, 0.5) is 0 Å². The zero-order valence-corrected chi connectivity index (χ0v) is 38.5. The van der Waals surface area contributed by atoms with Crippen LogP contribution in [0.5, 0.6) is 46.0 Å². The van der Waals surface area contributed by atoms with Gasteiger partial charge in [0, 0.05) is 92.8 Å². The van der Waals surface area contributed by atoms with Gasteiger partial charge in [-0.05, 0) is 110 Å². The molecule has 8 bridgehead atoms. The second-order valence-electron chi connectivity index (χ2n) is 18.0. The van der Waals surface area contributed by atoms with Crippen LogP contribution in [0.3, 0.4) is 0 Å². The van der Waals surface area contributed by atoms with Crippen molar-refractivity contribution in [3.05, 3.63) is 155 Å². The first-order chi connectivity index (χ1) is 31.0. The summed E-state index contributed by atoms with van der Waals surface area (Å²) in [4.78, 5) is 0. The van der Waals surface area contributed by atoms with Gasteiger partial charge in [0.15, 0.2) is 11.4 Å². The number of hydrogen-bond acceptors (Lipinski definition) is 6. The molecule has 0 spiro atoms. The van der Waals surface area contributed by atoms with E-state index in [4.69, 9.17) is 28.4 Å². The molecule has 2 aliphatic carbocycles. The van der Waals surface area contributed by atoms with Gasteiger partial charge in [-0.15, -0.1) is 0 Å². The predicted molar refractivity (Wildman–Crippen MR) is 257 cm³/mol. The van der Waals surface area contributed by atoms with Crippen molar-refractivity contribution in [3.63, 3.8) is 0 Å². The van der Waals surface area contributed by atoms with Gasteiger partial charge in [-0.25, -0.2) is 9.15 Å². The van der Waals surface area contributed by atoms with Crippen molar-refractivity contribution < 1.29 is 37.6 Å². The Labute approximate surface area is 378 Å². The molecule has 8 nitrogen and oxygen atoms in total. The van der Waals surface area contributed by atoms with E-state index in [0.29, 0.717) is 26.4 Å². The van der Waals surface area contributed by atoms with Crippen molar-refractivity contribution in [3.8, 4) is 46.0 Å². The van der Waals surface area contributed by atoms with E-state index in [1.807, 2.05) is 24.3 Å². The minimum Gasteiger partial charge on any atom is -0.493 e. The Morgan fingerprint density at radius 3 is 0.891 bits per heavy atom. The topological polar surface area (TPSA) is 61.4 Å². The third-order valence-corrected chi connectivity index (χ3v) is 13.9. The lowest BCUT2D eigenvalue weighted by atomic mass is 9.84. The van der Waals surface area contributed by atoms with Gasteiger partial charge < -0.3 is 28.4 Å². The number of hydrogen-bond donors (Lipinski definition) is 0. The number of allylic oxidation sites excluding steroid dienone is 10. The first-order valence-corrected chi connectivity index (χ1v) is 22.8. The van der Waals surface area contributed by atoms with Crippen LogP contribution in [0.15, 0.2) is 133 Å². The van der Waals surface area contributed by atoms with Gasteiger partial charge in [-0.2, -0.15) is 0 Å². The Morgan fingerprint density at radius 1 is 0.391 bits per heavy atom. The molecular weight excluding hydrogens is 797 g/mol. The van der Waals surface area contributed by atoms with Gasteiger partial charge in [-0.1, -0.05) is 27.7 Å². The molecule has 4 aromatic carbocycles. The van der Waals surface area contributed by atoms with E-state index in [1.165, 1.54) is 0 Å². The summed E-state index contributed by atoms with van der Waals surface area (Å²) in [5.74, 6) is 5.95. The SMILES string of the molecule is CCC1(CC)COc2ccc3c(c2)Oc2cc(ccc2C3=C2C=CC(=[N+](C)C)C=C2)OCC(CC)(CC)COc2ccc3c(c2)Oc2cc(ccc2C3=C2C=CC(=[N+](C)C)C=C2)OC1. The molecule has 328 valence electrons. The second kappa shape index (κ2) is 17.6. The van der Waals surface area contributed by atoms with Crippen LogP contribution in [-0.4, -0.2) is 75.2 Å². The Kier molecular flexibility index (Phi) is 11.7. The Morgan fingerprint density at radius 2 is 0.656 bits per heavy atom. The fourth-order valence-corrected chi connectivity index (χ4v) is 8.88. The molecule has 5 aliphatic rings. The first kappa shape index (κ1) is 42.7. The Hall–Kier alpha value is -6.54. The van der Waals surface area contributed by atoms with Crippen molar-refractivity contribution in [1.82, 2.24) is 0 Å². The minimum absolute atomic E-state index is 0.248. The predicted octanol–water partition coefficient (Wildman–Crippen LogP) is 12.0. The summed E-state index contributed by atoms with van der Waals surface area (Å²) in [7, 11) is 8.24. The quantitative estimate of drug-likeness (QED) is 0.165.